The average molecular weight is 537 g/mol. The van der Waals surface area contributed by atoms with E-state index in [-0.39, 0.29) is 41.9 Å². The maximum atomic E-state index is 13.7. The van der Waals surface area contributed by atoms with Crippen molar-refractivity contribution in [1.29, 1.82) is 0 Å². The molecule has 0 radical (unpaired) electrons. The summed E-state index contributed by atoms with van der Waals surface area (Å²) in [5.74, 6) is -3.35. The first-order valence-corrected chi connectivity index (χ1v) is 14.0. The van der Waals surface area contributed by atoms with Gasteiger partial charge in [-0.15, -0.1) is 0 Å². The number of carbonyl (C=O) groups is 4. The Morgan fingerprint density at radius 2 is 1.71 bits per heavy atom. The predicted octanol–water partition coefficient (Wildman–Crippen LogP) is 4.45. The first-order chi connectivity index (χ1) is 17.5. The summed E-state index contributed by atoms with van der Waals surface area (Å²) in [7, 11) is 0. The van der Waals surface area contributed by atoms with E-state index >= 15 is 0 Å². The third-order valence-corrected chi connectivity index (χ3v) is 8.58. The number of carbonyl (C=O) groups excluding carboxylic acids is 4. The number of ether oxygens (including phenoxy) is 3. The Balaban J connectivity index is 2.58. The Labute approximate surface area is 227 Å². The molecule has 1 unspecified atom stereocenters. The number of rotatable bonds is 4. The molecule has 2 aliphatic rings. The van der Waals surface area contributed by atoms with E-state index in [1.165, 1.54) is 13.0 Å². The molecule has 38 heavy (non-hydrogen) atoms. The molecule has 0 aromatic heterocycles. The van der Waals surface area contributed by atoms with E-state index in [2.05, 4.69) is 13.8 Å². The number of hydrogen-bond acceptors (Lipinski definition) is 8. The molecule has 216 valence electrons. The fourth-order valence-corrected chi connectivity index (χ4v) is 6.11. The lowest BCUT2D eigenvalue weighted by Gasteiger charge is -2.45. The van der Waals surface area contributed by atoms with Crippen molar-refractivity contribution in [3.8, 4) is 0 Å². The quantitative estimate of drug-likeness (QED) is 0.318. The topological polar surface area (TPSA) is 116 Å². The molecular formula is C30H48O8. The van der Waals surface area contributed by atoms with Crippen LogP contribution in [-0.2, 0) is 33.4 Å². The molecule has 10 atom stereocenters. The van der Waals surface area contributed by atoms with Crippen molar-refractivity contribution in [2.75, 3.05) is 0 Å². The second-order valence-corrected chi connectivity index (χ2v) is 12.5. The molecule has 8 heteroatoms. The predicted molar refractivity (Wildman–Crippen MR) is 143 cm³/mol. The van der Waals surface area contributed by atoms with Crippen molar-refractivity contribution in [2.45, 2.75) is 119 Å². The zero-order valence-corrected chi connectivity index (χ0v) is 24.8. The van der Waals surface area contributed by atoms with Gasteiger partial charge in [0.15, 0.2) is 29.7 Å². The molecule has 8 nitrogen and oxygen atoms in total. The van der Waals surface area contributed by atoms with Gasteiger partial charge in [-0.1, -0.05) is 48.5 Å². The summed E-state index contributed by atoms with van der Waals surface area (Å²) in [5, 5.41) is 11.0. The molecule has 0 aromatic carbocycles. The maximum Gasteiger partial charge on any atom is 0.316 e. The molecule has 2 heterocycles. The summed E-state index contributed by atoms with van der Waals surface area (Å²) < 4.78 is 18.3. The standard InChI is InChI=1S/C30H48O8/c1-11-23-30(35,15-31)14-18(4)24(32)17(3)13-29(9,10)26(21(7)25(33)22(8)27(34)37-23)38-28-20(6)16(2)12-19(5)36-28/h14-17,19-23,26,28,35H,11-13H2,1-10H3/b18-14+/t16-,17+,19+,20+,21-,22+,23+,26+,28?,30+/m0/s1. The van der Waals surface area contributed by atoms with Gasteiger partial charge in [0.25, 0.3) is 0 Å². The van der Waals surface area contributed by atoms with Gasteiger partial charge in [-0.25, -0.2) is 0 Å². The molecule has 0 saturated carbocycles. The lowest BCUT2D eigenvalue weighted by molar-refractivity contribution is -0.267. The summed E-state index contributed by atoms with van der Waals surface area (Å²) in [6.45, 7) is 18.3. The summed E-state index contributed by atoms with van der Waals surface area (Å²) in [4.78, 5) is 52.1. The molecule has 2 aliphatic heterocycles. The fraction of sp³-hybridized carbons (Fsp3) is 0.800. The Hall–Kier alpha value is -1.90. The van der Waals surface area contributed by atoms with Gasteiger partial charge in [-0.05, 0) is 63.0 Å². The molecule has 1 saturated heterocycles. The smallest absolute Gasteiger partial charge is 0.316 e. The lowest BCUT2D eigenvalue weighted by Crippen LogP contribution is -2.51. The number of ketones is 2. The Morgan fingerprint density at radius 3 is 2.26 bits per heavy atom. The van der Waals surface area contributed by atoms with Gasteiger partial charge < -0.3 is 19.3 Å². The molecule has 0 aromatic rings. The van der Waals surface area contributed by atoms with Crippen LogP contribution in [0.2, 0.25) is 0 Å². The highest BCUT2D eigenvalue weighted by Crippen LogP contribution is 2.41. The van der Waals surface area contributed by atoms with Crippen molar-refractivity contribution in [1.82, 2.24) is 0 Å². The van der Waals surface area contributed by atoms with Crippen LogP contribution in [0.5, 0.6) is 0 Å². The Bertz CT molecular complexity index is 923. The van der Waals surface area contributed by atoms with Crippen LogP contribution in [0.4, 0.5) is 0 Å². The maximum absolute atomic E-state index is 13.7. The zero-order chi connectivity index (χ0) is 29.2. The highest BCUT2D eigenvalue weighted by molar-refractivity contribution is 6.00. The normalized spacial score (nSPS) is 43.0. The molecule has 1 fully saturated rings. The van der Waals surface area contributed by atoms with E-state index in [4.69, 9.17) is 14.2 Å². The van der Waals surface area contributed by atoms with Gasteiger partial charge in [0.05, 0.1) is 12.2 Å². The highest BCUT2D eigenvalue weighted by atomic mass is 16.7. The minimum absolute atomic E-state index is 0.00330. The number of esters is 1. The minimum Gasteiger partial charge on any atom is -0.458 e. The monoisotopic (exact) mass is 536 g/mol. The Kier molecular flexibility index (Phi) is 10.6. The van der Waals surface area contributed by atoms with Gasteiger partial charge in [0, 0.05) is 17.8 Å². The molecule has 0 aliphatic carbocycles. The van der Waals surface area contributed by atoms with Crippen LogP contribution in [0.15, 0.2) is 11.6 Å². The second kappa shape index (κ2) is 12.5. The van der Waals surface area contributed by atoms with Gasteiger partial charge in [-0.3, -0.25) is 19.2 Å². The van der Waals surface area contributed by atoms with E-state index < -0.39 is 53.2 Å². The molecule has 1 N–H and O–H groups in total. The van der Waals surface area contributed by atoms with Gasteiger partial charge in [-0.2, -0.15) is 0 Å². The number of allylic oxidation sites excluding steroid dienone is 1. The van der Waals surface area contributed by atoms with E-state index in [9.17, 15) is 24.3 Å². The van der Waals surface area contributed by atoms with E-state index in [1.807, 2.05) is 20.8 Å². The number of aldehydes is 1. The molecule has 0 spiro atoms. The number of Topliss-reactive ketones (excluding diaryl/α,β-unsaturated/α-hetero) is 2. The van der Waals surface area contributed by atoms with E-state index in [1.54, 1.807) is 27.7 Å². The first kappa shape index (κ1) is 32.3. The largest absolute Gasteiger partial charge is 0.458 e. The molecule has 0 bridgehead atoms. The molecule has 2 rings (SSSR count). The second-order valence-electron chi connectivity index (χ2n) is 12.5. The van der Waals surface area contributed by atoms with Crippen molar-refractivity contribution in [2.24, 2.45) is 35.0 Å². The third kappa shape index (κ3) is 6.99. The van der Waals surface area contributed by atoms with Gasteiger partial charge >= 0.3 is 5.97 Å². The SMILES string of the molecule is CC[C@H]1OC(=O)[C@H](C)C(=O)[C@H](C)[C@@H](OC2O[C@H](C)C[C@H](C)[C@H]2C)C(C)(C)C[C@@H](C)C(=O)/C(C)=C/[C@@]1(O)C=O. The lowest BCUT2D eigenvalue weighted by atomic mass is 9.70. The van der Waals surface area contributed by atoms with Gasteiger partial charge in [0.1, 0.15) is 12.0 Å². The van der Waals surface area contributed by atoms with Crippen LogP contribution in [0, 0.1) is 35.0 Å². The molecular weight excluding hydrogens is 488 g/mol. The highest BCUT2D eigenvalue weighted by Gasteiger charge is 2.47. The molecule has 0 amide bonds. The number of aliphatic hydroxyl groups is 1. The zero-order valence-electron chi connectivity index (χ0n) is 24.8. The van der Waals surface area contributed by atoms with Crippen molar-refractivity contribution in [3.05, 3.63) is 11.6 Å². The summed E-state index contributed by atoms with van der Waals surface area (Å²) >= 11 is 0. The van der Waals surface area contributed by atoms with Crippen LogP contribution in [-0.4, -0.2) is 59.1 Å². The Morgan fingerprint density at radius 1 is 1.11 bits per heavy atom. The fourth-order valence-electron chi connectivity index (χ4n) is 6.11. The number of hydrogen-bond donors (Lipinski definition) is 1. The summed E-state index contributed by atoms with van der Waals surface area (Å²) in [6, 6.07) is 0. The average Bonchev–Trinajstić information content (AvgIpc) is 2.85. The number of cyclic esters (lactones) is 1. The van der Waals surface area contributed by atoms with Crippen LogP contribution < -0.4 is 0 Å². The van der Waals surface area contributed by atoms with Crippen LogP contribution in [0.25, 0.3) is 0 Å². The van der Waals surface area contributed by atoms with Crippen LogP contribution in [0.3, 0.4) is 0 Å². The van der Waals surface area contributed by atoms with Gasteiger partial charge in [0.2, 0.25) is 0 Å². The summed E-state index contributed by atoms with van der Waals surface area (Å²) in [5.41, 5.74) is -2.65. The van der Waals surface area contributed by atoms with Crippen molar-refractivity contribution < 1.29 is 38.5 Å². The third-order valence-electron chi connectivity index (χ3n) is 8.58. The summed E-state index contributed by atoms with van der Waals surface area (Å²) in [6.07, 6.45) is 0.416. The first-order valence-electron chi connectivity index (χ1n) is 14.0. The van der Waals surface area contributed by atoms with Crippen LogP contribution in [0.1, 0.15) is 88.5 Å². The van der Waals surface area contributed by atoms with Crippen LogP contribution >= 0.6 is 0 Å². The minimum atomic E-state index is -2.19. The van der Waals surface area contributed by atoms with E-state index in [0.29, 0.717) is 12.3 Å². The van der Waals surface area contributed by atoms with Crippen molar-refractivity contribution >= 4 is 23.8 Å². The van der Waals surface area contributed by atoms with E-state index in [0.717, 1.165) is 6.42 Å². The van der Waals surface area contributed by atoms with Crippen molar-refractivity contribution in [3.63, 3.8) is 0 Å².